The molecule has 0 aliphatic heterocycles. The summed E-state index contributed by atoms with van der Waals surface area (Å²) < 4.78 is 13.2. The van der Waals surface area contributed by atoms with E-state index in [9.17, 15) is 0 Å². The Morgan fingerprint density at radius 3 is 2.54 bits per heavy atom. The van der Waals surface area contributed by atoms with Crippen LogP contribution in [-0.2, 0) is 24.9 Å². The number of nitrogens with zero attached hydrogens (tertiary/aromatic N) is 4. The first-order chi connectivity index (χ1) is 13.0. The zero-order valence-electron chi connectivity index (χ0n) is 17.3. The van der Waals surface area contributed by atoms with Gasteiger partial charge in [-0.2, -0.15) is 0 Å². The van der Waals surface area contributed by atoms with Crippen LogP contribution in [0, 0.1) is 13.8 Å². The van der Waals surface area contributed by atoms with Crippen LogP contribution in [0.25, 0.3) is 0 Å². The number of ether oxygens (including phenoxy) is 2. The predicted octanol–water partition coefficient (Wildman–Crippen LogP) is 2.33. The Morgan fingerprint density at radius 1 is 1.14 bits per heavy atom. The van der Waals surface area contributed by atoms with Gasteiger partial charge in [-0.05, 0) is 32.4 Å². The highest BCUT2D eigenvalue weighted by molar-refractivity contribution is 14.0. The van der Waals surface area contributed by atoms with Gasteiger partial charge in [0, 0.05) is 32.8 Å². The normalized spacial score (nSPS) is 11.1. The van der Waals surface area contributed by atoms with Gasteiger partial charge >= 0.3 is 0 Å². The van der Waals surface area contributed by atoms with Crippen molar-refractivity contribution in [1.29, 1.82) is 0 Å². The minimum Gasteiger partial charge on any atom is -0.491 e. The molecule has 8 nitrogen and oxygen atoms in total. The number of benzene rings is 1. The van der Waals surface area contributed by atoms with Crippen LogP contribution < -0.4 is 15.4 Å². The average molecular weight is 502 g/mol. The van der Waals surface area contributed by atoms with Crippen LogP contribution in [-0.4, -0.2) is 47.6 Å². The molecule has 0 bridgehead atoms. The van der Waals surface area contributed by atoms with Crippen LogP contribution in [0.1, 0.15) is 29.7 Å². The maximum atomic E-state index is 5.89. The molecule has 28 heavy (non-hydrogen) atoms. The summed E-state index contributed by atoms with van der Waals surface area (Å²) in [6.45, 7) is 8.90. The van der Waals surface area contributed by atoms with Gasteiger partial charge in [-0.1, -0.05) is 12.1 Å². The molecule has 2 aromatic rings. The molecule has 0 saturated carbocycles. The van der Waals surface area contributed by atoms with E-state index in [1.54, 1.807) is 7.05 Å². The number of nitrogens with one attached hydrogen (secondary N) is 2. The monoisotopic (exact) mass is 502 g/mol. The molecule has 0 aliphatic carbocycles. The van der Waals surface area contributed by atoms with Gasteiger partial charge in [0.25, 0.3) is 0 Å². The Labute approximate surface area is 184 Å². The van der Waals surface area contributed by atoms with Crippen molar-refractivity contribution in [1.82, 2.24) is 25.4 Å². The summed E-state index contributed by atoms with van der Waals surface area (Å²) in [5, 5.41) is 14.8. The molecular formula is C19H31IN6O2. The molecule has 0 saturated heterocycles. The molecule has 2 N–H and O–H groups in total. The molecule has 0 fully saturated rings. The lowest BCUT2D eigenvalue weighted by Gasteiger charge is -2.15. The molecule has 0 atom stereocenters. The Bertz CT molecular complexity index is 763. The molecule has 156 valence electrons. The minimum absolute atomic E-state index is 0. The maximum absolute atomic E-state index is 5.89. The Morgan fingerprint density at radius 2 is 1.89 bits per heavy atom. The number of guanidine groups is 1. The Hall–Kier alpha value is -1.88. The molecule has 0 spiro atoms. The predicted molar refractivity (Wildman–Crippen MR) is 121 cm³/mol. The molecule has 0 amide bonds. The third-order valence-corrected chi connectivity index (χ3v) is 4.18. The van der Waals surface area contributed by atoms with E-state index in [4.69, 9.17) is 9.47 Å². The summed E-state index contributed by atoms with van der Waals surface area (Å²) in [7, 11) is 3.69. The van der Waals surface area contributed by atoms with Gasteiger partial charge in [0.1, 0.15) is 18.2 Å². The van der Waals surface area contributed by atoms with Crippen LogP contribution in [0.4, 0.5) is 0 Å². The fraction of sp³-hybridized carbons (Fsp3) is 0.526. The zero-order chi connectivity index (χ0) is 19.6. The smallest absolute Gasteiger partial charge is 0.191 e. The summed E-state index contributed by atoms with van der Waals surface area (Å²) in [6, 6.07) is 6.18. The first-order valence-electron chi connectivity index (χ1n) is 9.14. The second-order valence-electron chi connectivity index (χ2n) is 6.16. The highest BCUT2D eigenvalue weighted by Gasteiger charge is 2.08. The third kappa shape index (κ3) is 7.27. The molecule has 0 radical (unpaired) electrons. The van der Waals surface area contributed by atoms with E-state index in [0.29, 0.717) is 38.9 Å². The van der Waals surface area contributed by atoms with E-state index in [1.165, 1.54) is 0 Å². The van der Waals surface area contributed by atoms with Crippen molar-refractivity contribution in [2.24, 2.45) is 12.0 Å². The average Bonchev–Trinajstić information content (AvgIpc) is 2.98. The molecule has 9 heteroatoms. The van der Waals surface area contributed by atoms with E-state index in [1.807, 2.05) is 31.5 Å². The van der Waals surface area contributed by atoms with Crippen LogP contribution in [0.5, 0.6) is 5.75 Å². The standard InChI is InChI=1S/C19H30N6O2.HI/c1-6-26-9-10-27-17-11-14(2)7-8-16(17)12-21-19(20-4)22-13-18-24-23-15(3)25(18)5;/h7-8,11H,6,9-10,12-13H2,1-5H3,(H2,20,21,22);1H. The lowest BCUT2D eigenvalue weighted by Crippen LogP contribution is -2.37. The summed E-state index contributed by atoms with van der Waals surface area (Å²) >= 11 is 0. The Kier molecular flexibility index (Phi) is 10.8. The van der Waals surface area contributed by atoms with E-state index < -0.39 is 0 Å². The molecule has 2 rings (SSSR count). The van der Waals surface area contributed by atoms with Crippen molar-refractivity contribution in [3.05, 3.63) is 41.0 Å². The van der Waals surface area contributed by atoms with E-state index in [0.717, 1.165) is 28.5 Å². The Balaban J connectivity index is 0.00000392. The maximum Gasteiger partial charge on any atom is 0.191 e. The summed E-state index contributed by atoms with van der Waals surface area (Å²) in [5.41, 5.74) is 2.22. The highest BCUT2D eigenvalue weighted by atomic mass is 127. The van der Waals surface area contributed by atoms with Crippen LogP contribution in [0.2, 0.25) is 0 Å². The first kappa shape index (κ1) is 24.2. The molecule has 1 aromatic heterocycles. The second kappa shape index (κ2) is 12.6. The minimum atomic E-state index is 0. The van der Waals surface area contributed by atoms with Gasteiger partial charge in [-0.15, -0.1) is 34.2 Å². The summed E-state index contributed by atoms with van der Waals surface area (Å²) in [5.74, 6) is 3.28. The first-order valence-corrected chi connectivity index (χ1v) is 9.14. The third-order valence-electron chi connectivity index (χ3n) is 4.18. The molecule has 1 aromatic carbocycles. The molecule has 1 heterocycles. The van der Waals surface area contributed by atoms with E-state index >= 15 is 0 Å². The van der Waals surface area contributed by atoms with Gasteiger partial charge in [-0.3, -0.25) is 4.99 Å². The van der Waals surface area contributed by atoms with E-state index in [2.05, 4.69) is 44.9 Å². The zero-order valence-corrected chi connectivity index (χ0v) is 19.6. The van der Waals surface area contributed by atoms with Crippen molar-refractivity contribution in [3.8, 4) is 5.75 Å². The highest BCUT2D eigenvalue weighted by Crippen LogP contribution is 2.20. The largest absolute Gasteiger partial charge is 0.491 e. The fourth-order valence-electron chi connectivity index (χ4n) is 2.46. The number of aliphatic imine (C=N–C) groups is 1. The van der Waals surface area contributed by atoms with Gasteiger partial charge in [-0.25, -0.2) is 0 Å². The number of rotatable bonds is 9. The van der Waals surface area contributed by atoms with Gasteiger partial charge < -0.3 is 24.7 Å². The topological polar surface area (TPSA) is 85.6 Å². The summed E-state index contributed by atoms with van der Waals surface area (Å²) in [6.07, 6.45) is 0. The van der Waals surface area contributed by atoms with Crippen LogP contribution >= 0.6 is 24.0 Å². The lowest BCUT2D eigenvalue weighted by atomic mass is 10.1. The number of halogens is 1. The van der Waals surface area contributed by atoms with Crippen molar-refractivity contribution in [2.45, 2.75) is 33.9 Å². The molecule has 0 unspecified atom stereocenters. The molecular weight excluding hydrogens is 471 g/mol. The van der Waals surface area contributed by atoms with Gasteiger partial charge in [0.15, 0.2) is 11.8 Å². The van der Waals surface area contributed by atoms with Crippen molar-refractivity contribution in [3.63, 3.8) is 0 Å². The lowest BCUT2D eigenvalue weighted by molar-refractivity contribution is 0.110. The van der Waals surface area contributed by atoms with Crippen LogP contribution in [0.3, 0.4) is 0 Å². The van der Waals surface area contributed by atoms with Crippen molar-refractivity contribution >= 4 is 29.9 Å². The number of hydrogen-bond donors (Lipinski definition) is 2. The van der Waals surface area contributed by atoms with Crippen molar-refractivity contribution in [2.75, 3.05) is 26.9 Å². The summed E-state index contributed by atoms with van der Waals surface area (Å²) in [4.78, 5) is 4.26. The number of aryl methyl sites for hydroxylation is 2. The van der Waals surface area contributed by atoms with Gasteiger partial charge in [0.2, 0.25) is 0 Å². The van der Waals surface area contributed by atoms with Gasteiger partial charge in [0.05, 0.1) is 13.2 Å². The number of hydrogen-bond acceptors (Lipinski definition) is 5. The fourth-order valence-corrected chi connectivity index (χ4v) is 2.46. The number of aromatic nitrogens is 3. The molecule has 0 aliphatic rings. The SMILES string of the molecule is CCOCCOc1cc(C)ccc1CNC(=NC)NCc1nnc(C)n1C.I. The van der Waals surface area contributed by atoms with E-state index in [-0.39, 0.29) is 24.0 Å². The van der Waals surface area contributed by atoms with Crippen LogP contribution in [0.15, 0.2) is 23.2 Å². The second-order valence-corrected chi connectivity index (χ2v) is 6.16. The quantitative estimate of drug-likeness (QED) is 0.237. The van der Waals surface area contributed by atoms with Crippen molar-refractivity contribution < 1.29 is 9.47 Å².